The lowest BCUT2D eigenvalue weighted by molar-refractivity contribution is -0.135. The summed E-state index contributed by atoms with van der Waals surface area (Å²) < 4.78 is 13.0. The van der Waals surface area contributed by atoms with Gasteiger partial charge in [-0.2, -0.15) is 0 Å². The van der Waals surface area contributed by atoms with Crippen LogP contribution in [0.5, 0.6) is 0 Å². The highest BCUT2D eigenvalue weighted by Crippen LogP contribution is 2.13. The predicted molar refractivity (Wildman–Crippen MR) is 49.9 cm³/mol. The van der Waals surface area contributed by atoms with Gasteiger partial charge in [0.15, 0.2) is 0 Å². The molecule has 3 N–H and O–H groups in total. The van der Waals surface area contributed by atoms with Crippen LogP contribution in [0.3, 0.4) is 0 Å². The normalized spacial score (nSPS) is 8.93. The molecule has 0 bridgehead atoms. The quantitative estimate of drug-likeness (QED) is 0.521. The van der Waals surface area contributed by atoms with Crippen molar-refractivity contribution in [1.82, 2.24) is 0 Å². The van der Waals surface area contributed by atoms with Crippen LogP contribution in [0.2, 0.25) is 0 Å². The maximum atomic E-state index is 13.0. The third kappa shape index (κ3) is 2.49. The minimum atomic E-state index is -1.05. The van der Waals surface area contributed by atoms with Crippen molar-refractivity contribution in [2.24, 2.45) is 0 Å². The number of nitrogen functional groups attached to an aromatic ring is 1. The van der Waals surface area contributed by atoms with E-state index < -0.39 is 11.8 Å². The average molecular weight is 193 g/mol. The van der Waals surface area contributed by atoms with Crippen molar-refractivity contribution in [2.75, 3.05) is 5.73 Å². The Balaban J connectivity index is 2.94. The number of benzene rings is 1. The predicted octanol–water partition coefficient (Wildman–Crippen LogP) is 1.23. The number of anilines is 1. The second-order valence-electron chi connectivity index (χ2n) is 2.58. The molecule has 0 fully saturated rings. The Bertz CT molecular complexity index is 398. The lowest BCUT2D eigenvalue weighted by Crippen LogP contribution is -1.94. The Hall–Kier alpha value is -2.02. The topological polar surface area (TPSA) is 63.3 Å². The van der Waals surface area contributed by atoms with Gasteiger partial charge in [-0.1, -0.05) is 17.9 Å². The highest BCUT2D eigenvalue weighted by molar-refractivity contribution is 5.70. The Kier molecular flexibility index (Phi) is 3.08. The number of carboxylic acid groups (broad SMARTS) is 1. The number of halogens is 1. The Morgan fingerprint density at radius 1 is 1.57 bits per heavy atom. The van der Waals surface area contributed by atoms with Gasteiger partial charge in [-0.3, -0.25) is 4.79 Å². The largest absolute Gasteiger partial charge is 0.481 e. The number of nitrogens with two attached hydrogens (primary N) is 1. The fourth-order valence-corrected chi connectivity index (χ4v) is 0.881. The fraction of sp³-hybridized carbons (Fsp3) is 0.100. The van der Waals surface area contributed by atoms with Crippen LogP contribution in [0.4, 0.5) is 10.1 Å². The molecule has 0 saturated carbocycles. The third-order valence-electron chi connectivity index (χ3n) is 1.50. The second-order valence-corrected chi connectivity index (χ2v) is 2.58. The first-order valence-electron chi connectivity index (χ1n) is 3.86. The van der Waals surface area contributed by atoms with Crippen LogP contribution in [0.15, 0.2) is 18.2 Å². The van der Waals surface area contributed by atoms with Gasteiger partial charge in [-0.15, -0.1) is 0 Å². The van der Waals surface area contributed by atoms with E-state index in [0.29, 0.717) is 0 Å². The molecule has 0 amide bonds. The molecule has 0 radical (unpaired) electrons. The summed E-state index contributed by atoms with van der Waals surface area (Å²) in [5.74, 6) is 3.11. The van der Waals surface area contributed by atoms with Crippen LogP contribution in [-0.4, -0.2) is 11.1 Å². The number of hydrogen-bond acceptors (Lipinski definition) is 2. The molecule has 72 valence electrons. The van der Waals surface area contributed by atoms with Gasteiger partial charge in [0, 0.05) is 0 Å². The molecule has 4 heteroatoms. The molecule has 0 aliphatic carbocycles. The number of carboxylic acids is 1. The monoisotopic (exact) mass is 193 g/mol. The fourth-order valence-electron chi connectivity index (χ4n) is 0.881. The van der Waals surface area contributed by atoms with Crippen molar-refractivity contribution in [3.05, 3.63) is 29.6 Å². The lowest BCUT2D eigenvalue weighted by atomic mass is 10.1. The first-order valence-corrected chi connectivity index (χ1v) is 3.86. The summed E-state index contributed by atoms with van der Waals surface area (Å²) in [6, 6.07) is 4.20. The second kappa shape index (κ2) is 4.28. The summed E-state index contributed by atoms with van der Waals surface area (Å²) in [5, 5.41) is 8.30. The maximum absolute atomic E-state index is 13.0. The van der Waals surface area contributed by atoms with Crippen molar-refractivity contribution in [2.45, 2.75) is 6.42 Å². The standard InChI is InChI=1S/C10H8FNO2/c11-8-4-2-5-9(12)7(8)3-1-6-10(13)14/h2,4-5H,6,12H2,(H,13,14). The van der Waals surface area contributed by atoms with Crippen molar-refractivity contribution in [3.63, 3.8) is 0 Å². The smallest absolute Gasteiger partial charge is 0.315 e. The summed E-state index contributed by atoms with van der Waals surface area (Å²) in [5.41, 5.74) is 5.71. The molecule has 0 saturated heterocycles. The van der Waals surface area contributed by atoms with Gasteiger partial charge < -0.3 is 10.8 Å². The van der Waals surface area contributed by atoms with Gasteiger partial charge in [-0.25, -0.2) is 4.39 Å². The molecule has 1 rings (SSSR count). The molecule has 0 aliphatic heterocycles. The lowest BCUT2D eigenvalue weighted by Gasteiger charge is -1.97. The summed E-state index contributed by atoms with van der Waals surface area (Å²) in [7, 11) is 0. The zero-order valence-electron chi connectivity index (χ0n) is 7.25. The van der Waals surface area contributed by atoms with Gasteiger partial charge in [-0.05, 0) is 12.1 Å². The van der Waals surface area contributed by atoms with Gasteiger partial charge in [0.2, 0.25) is 0 Å². The van der Waals surface area contributed by atoms with E-state index in [0.717, 1.165) is 0 Å². The molecule has 14 heavy (non-hydrogen) atoms. The highest BCUT2D eigenvalue weighted by Gasteiger charge is 2.01. The van der Waals surface area contributed by atoms with Gasteiger partial charge in [0.1, 0.15) is 12.2 Å². The van der Waals surface area contributed by atoms with Crippen molar-refractivity contribution in [1.29, 1.82) is 0 Å². The Morgan fingerprint density at radius 3 is 2.86 bits per heavy atom. The first-order chi connectivity index (χ1) is 6.61. The molecule has 1 aromatic rings. The van der Waals surface area contributed by atoms with Gasteiger partial charge in [0.05, 0.1) is 11.3 Å². The van der Waals surface area contributed by atoms with Gasteiger partial charge >= 0.3 is 5.97 Å². The van der Waals surface area contributed by atoms with Crippen LogP contribution in [0, 0.1) is 17.7 Å². The molecule has 0 aliphatic rings. The molecule has 0 unspecified atom stereocenters. The number of hydrogen-bond donors (Lipinski definition) is 2. The Labute approximate surface area is 80.4 Å². The molecule has 3 nitrogen and oxygen atoms in total. The average Bonchev–Trinajstić information content (AvgIpc) is 2.09. The zero-order valence-corrected chi connectivity index (χ0v) is 7.25. The van der Waals surface area contributed by atoms with Crippen LogP contribution in [-0.2, 0) is 4.79 Å². The van der Waals surface area contributed by atoms with E-state index in [-0.39, 0.29) is 17.7 Å². The van der Waals surface area contributed by atoms with Gasteiger partial charge in [0.25, 0.3) is 0 Å². The van der Waals surface area contributed by atoms with Crippen molar-refractivity contribution in [3.8, 4) is 11.8 Å². The van der Waals surface area contributed by atoms with E-state index in [2.05, 4.69) is 11.8 Å². The van der Waals surface area contributed by atoms with Crippen LogP contribution in [0.1, 0.15) is 12.0 Å². The van der Waals surface area contributed by atoms with Crippen molar-refractivity contribution >= 4 is 11.7 Å². The third-order valence-corrected chi connectivity index (χ3v) is 1.50. The molecular weight excluding hydrogens is 185 g/mol. The summed E-state index contributed by atoms with van der Waals surface area (Å²) in [6.45, 7) is 0. The van der Waals surface area contributed by atoms with E-state index in [1.807, 2.05) is 0 Å². The van der Waals surface area contributed by atoms with Crippen LogP contribution < -0.4 is 5.73 Å². The van der Waals surface area contributed by atoms with E-state index in [9.17, 15) is 9.18 Å². The maximum Gasteiger partial charge on any atom is 0.315 e. The van der Waals surface area contributed by atoms with E-state index in [1.165, 1.54) is 18.2 Å². The zero-order chi connectivity index (χ0) is 10.6. The van der Waals surface area contributed by atoms with Crippen LogP contribution in [0.25, 0.3) is 0 Å². The molecular formula is C10H8FNO2. The number of rotatable bonds is 1. The Morgan fingerprint density at radius 2 is 2.29 bits per heavy atom. The molecule has 0 aromatic heterocycles. The molecule has 0 atom stereocenters. The van der Waals surface area contributed by atoms with E-state index in [1.54, 1.807) is 0 Å². The summed E-state index contributed by atoms with van der Waals surface area (Å²) >= 11 is 0. The minimum absolute atomic E-state index is 0.0498. The van der Waals surface area contributed by atoms with E-state index in [4.69, 9.17) is 10.8 Å². The molecule has 0 spiro atoms. The summed E-state index contributed by atoms with van der Waals surface area (Å²) in [4.78, 5) is 10.1. The van der Waals surface area contributed by atoms with Crippen molar-refractivity contribution < 1.29 is 14.3 Å². The minimum Gasteiger partial charge on any atom is -0.481 e. The molecule has 0 heterocycles. The SMILES string of the molecule is Nc1cccc(F)c1C#CCC(=O)O. The first kappa shape index (κ1) is 10.1. The summed E-state index contributed by atoms with van der Waals surface area (Å²) in [6.07, 6.45) is -0.326. The molecule has 1 aromatic carbocycles. The van der Waals surface area contributed by atoms with E-state index >= 15 is 0 Å². The van der Waals surface area contributed by atoms with Crippen LogP contribution >= 0.6 is 0 Å². The number of carbonyl (C=O) groups is 1. The number of aliphatic carboxylic acids is 1. The highest BCUT2D eigenvalue weighted by atomic mass is 19.1.